The van der Waals surface area contributed by atoms with Crippen molar-refractivity contribution < 1.29 is 9.35 Å². The minimum atomic E-state index is -1.40. The van der Waals surface area contributed by atoms with Crippen LogP contribution in [0.25, 0.3) is 0 Å². The van der Waals surface area contributed by atoms with Crippen molar-refractivity contribution in [3.8, 4) is 0 Å². The highest BCUT2D eigenvalue weighted by atomic mass is 35.5. The van der Waals surface area contributed by atoms with Crippen LogP contribution in [-0.2, 0) is 16.2 Å². The van der Waals surface area contributed by atoms with Crippen LogP contribution in [0.3, 0.4) is 0 Å². The zero-order chi connectivity index (χ0) is 24.5. The number of amides is 1. The molecule has 3 heterocycles. The Kier molecular flexibility index (Phi) is 7.43. The molecule has 1 aromatic heterocycles. The minimum absolute atomic E-state index is 0.117. The van der Waals surface area contributed by atoms with Gasteiger partial charge in [-0.2, -0.15) is 4.72 Å². The Morgan fingerprint density at radius 1 is 1.09 bits per heavy atom. The van der Waals surface area contributed by atoms with Crippen LogP contribution in [0.5, 0.6) is 0 Å². The third kappa shape index (κ3) is 5.40. The van der Waals surface area contributed by atoms with E-state index in [0.717, 1.165) is 37.4 Å². The maximum atomic E-state index is 13.3. The molecule has 184 valence electrons. The summed E-state index contributed by atoms with van der Waals surface area (Å²) in [5, 5.41) is 3.68. The molecule has 2 fully saturated rings. The molecule has 1 N–H and O–H groups in total. The fraction of sp³-hybridized carbons (Fsp3) is 0.333. The smallest absolute Gasteiger partial charge is 0.244 e. The van der Waals surface area contributed by atoms with Crippen molar-refractivity contribution in [3.05, 3.63) is 64.1 Å². The second-order valence-corrected chi connectivity index (χ2v) is 11.6. The van der Waals surface area contributed by atoms with E-state index >= 15 is 0 Å². The monoisotopic (exact) mass is 549 g/mol. The maximum absolute atomic E-state index is 13.3. The SMILES string of the molecule is C[C@H]1CN([C@H]2CCN(c3ccc([S+]([O-])Nc4nccs4)cc3)C2=O)CCN1c1cc(Cl)cc(Cl)c1. The predicted molar refractivity (Wildman–Crippen MR) is 144 cm³/mol. The fourth-order valence-electron chi connectivity index (χ4n) is 4.78. The van der Waals surface area contributed by atoms with Crippen LogP contribution in [0.15, 0.2) is 58.9 Å². The summed E-state index contributed by atoms with van der Waals surface area (Å²) in [4.78, 5) is 24.5. The van der Waals surface area contributed by atoms with Gasteiger partial charge in [0.25, 0.3) is 0 Å². The first-order valence-electron chi connectivity index (χ1n) is 11.4. The van der Waals surface area contributed by atoms with E-state index in [-0.39, 0.29) is 18.0 Å². The number of halogens is 2. The Morgan fingerprint density at radius 2 is 1.83 bits per heavy atom. The molecule has 0 aliphatic carbocycles. The first-order valence-corrected chi connectivity index (χ1v) is 14.1. The van der Waals surface area contributed by atoms with E-state index in [0.29, 0.717) is 26.6 Å². The van der Waals surface area contributed by atoms with Crippen molar-refractivity contribution in [2.45, 2.75) is 30.3 Å². The molecular formula is C24H25Cl2N5O2S2. The Bertz CT molecular complexity index is 1160. The highest BCUT2D eigenvalue weighted by Gasteiger charge is 2.39. The number of nitrogens with one attached hydrogen (secondary N) is 1. The number of hydrogen-bond acceptors (Lipinski definition) is 7. The first-order chi connectivity index (χ1) is 16.9. The molecule has 2 aromatic carbocycles. The number of aromatic nitrogens is 1. The summed E-state index contributed by atoms with van der Waals surface area (Å²) in [5.74, 6) is 0.117. The molecule has 0 radical (unpaired) electrons. The predicted octanol–water partition coefficient (Wildman–Crippen LogP) is 4.90. The number of nitrogens with zero attached hydrogens (tertiary/aromatic N) is 4. The largest absolute Gasteiger partial charge is 0.588 e. The van der Waals surface area contributed by atoms with Gasteiger partial charge < -0.3 is 14.4 Å². The number of carbonyl (C=O) groups is 1. The van der Waals surface area contributed by atoms with Gasteiger partial charge in [0, 0.05) is 65.2 Å². The summed E-state index contributed by atoms with van der Waals surface area (Å²) in [6.07, 6.45) is 2.45. The zero-order valence-corrected chi connectivity index (χ0v) is 22.2. The van der Waals surface area contributed by atoms with Gasteiger partial charge in [0.05, 0.1) is 6.04 Å². The van der Waals surface area contributed by atoms with Crippen LogP contribution in [-0.4, -0.2) is 58.6 Å². The van der Waals surface area contributed by atoms with Crippen molar-refractivity contribution in [1.82, 2.24) is 9.88 Å². The molecule has 5 rings (SSSR count). The summed E-state index contributed by atoms with van der Waals surface area (Å²) >= 11 is 12.4. The summed E-state index contributed by atoms with van der Waals surface area (Å²) in [6, 6.07) is 13.0. The molecule has 2 aliphatic heterocycles. The number of carbonyl (C=O) groups excluding carboxylic acids is 1. The molecule has 35 heavy (non-hydrogen) atoms. The molecule has 3 atom stereocenters. The van der Waals surface area contributed by atoms with Gasteiger partial charge in [0.2, 0.25) is 11.0 Å². The van der Waals surface area contributed by atoms with E-state index in [4.69, 9.17) is 23.2 Å². The Labute approximate surface area is 222 Å². The Hall–Kier alpha value is -2.01. The average Bonchev–Trinajstić information content (AvgIpc) is 3.48. The number of thiazole rings is 1. The molecule has 1 unspecified atom stereocenters. The van der Waals surface area contributed by atoms with Crippen molar-refractivity contribution in [2.75, 3.05) is 40.7 Å². The molecule has 2 saturated heterocycles. The van der Waals surface area contributed by atoms with Crippen LogP contribution in [0, 0.1) is 0 Å². The van der Waals surface area contributed by atoms with E-state index in [1.165, 1.54) is 11.3 Å². The lowest BCUT2D eigenvalue weighted by molar-refractivity contribution is -0.121. The number of rotatable bonds is 6. The maximum Gasteiger partial charge on any atom is 0.244 e. The van der Waals surface area contributed by atoms with Crippen LogP contribution < -0.4 is 14.5 Å². The van der Waals surface area contributed by atoms with Gasteiger partial charge in [-0.25, -0.2) is 4.98 Å². The summed E-state index contributed by atoms with van der Waals surface area (Å²) < 4.78 is 15.4. The van der Waals surface area contributed by atoms with Crippen LogP contribution in [0.2, 0.25) is 10.0 Å². The highest BCUT2D eigenvalue weighted by molar-refractivity contribution is 7.93. The van der Waals surface area contributed by atoms with Gasteiger partial charge in [-0.15, -0.1) is 11.3 Å². The number of hydrogen-bond donors (Lipinski definition) is 1. The summed E-state index contributed by atoms with van der Waals surface area (Å²) in [5.41, 5.74) is 1.84. The molecular weight excluding hydrogens is 525 g/mol. The molecule has 0 spiro atoms. The van der Waals surface area contributed by atoms with Crippen molar-refractivity contribution in [2.24, 2.45) is 0 Å². The van der Waals surface area contributed by atoms with E-state index in [1.807, 2.05) is 34.5 Å². The van der Waals surface area contributed by atoms with Crippen LogP contribution in [0.1, 0.15) is 13.3 Å². The molecule has 0 bridgehead atoms. The van der Waals surface area contributed by atoms with Gasteiger partial charge in [0.15, 0.2) is 4.90 Å². The number of anilines is 3. The standard InChI is InChI=1S/C24H25Cl2N5O2S2/c1-16-15-29(9-10-30(16)20-13-17(25)12-18(26)14-20)22-6-8-31(23(22)32)19-2-4-21(5-3-19)35(33)28-24-27-7-11-34-24/h2-5,7,11-14,16,22H,6,8-10,15H2,1H3,(H,27,28)/t16-,22-,35?/m0/s1. The van der Waals surface area contributed by atoms with Gasteiger partial charge in [0.1, 0.15) is 11.4 Å². The van der Waals surface area contributed by atoms with E-state index in [9.17, 15) is 9.35 Å². The minimum Gasteiger partial charge on any atom is -0.588 e. The van der Waals surface area contributed by atoms with Gasteiger partial charge in [-0.1, -0.05) is 23.2 Å². The summed E-state index contributed by atoms with van der Waals surface area (Å²) in [7, 11) is 0. The van der Waals surface area contributed by atoms with E-state index < -0.39 is 11.4 Å². The Balaban J connectivity index is 1.21. The number of benzene rings is 2. The lowest BCUT2D eigenvalue weighted by Gasteiger charge is -2.43. The van der Waals surface area contributed by atoms with Crippen molar-refractivity contribution in [1.29, 1.82) is 0 Å². The average molecular weight is 551 g/mol. The van der Waals surface area contributed by atoms with Crippen LogP contribution in [0.4, 0.5) is 16.5 Å². The fourth-order valence-corrected chi connectivity index (χ4v) is 6.80. The van der Waals surface area contributed by atoms with Gasteiger partial charge in [-0.3, -0.25) is 9.69 Å². The lowest BCUT2D eigenvalue weighted by Crippen LogP contribution is -2.56. The summed E-state index contributed by atoms with van der Waals surface area (Å²) in [6.45, 7) is 5.21. The molecule has 3 aromatic rings. The topological polar surface area (TPSA) is 74.8 Å². The van der Waals surface area contributed by atoms with Gasteiger partial charge in [-0.05, 0) is 55.8 Å². The van der Waals surface area contributed by atoms with Crippen LogP contribution >= 0.6 is 34.5 Å². The molecule has 0 saturated carbocycles. The first kappa shape index (κ1) is 24.7. The third-order valence-corrected chi connectivity index (χ3v) is 8.76. The molecule has 11 heteroatoms. The van der Waals surface area contributed by atoms with Crippen molar-refractivity contribution >= 4 is 68.3 Å². The third-order valence-electron chi connectivity index (χ3n) is 6.43. The molecule has 1 amide bonds. The Morgan fingerprint density at radius 3 is 2.49 bits per heavy atom. The quantitative estimate of drug-likeness (QED) is 0.440. The zero-order valence-electron chi connectivity index (χ0n) is 19.1. The van der Waals surface area contributed by atoms with E-state index in [1.54, 1.807) is 24.4 Å². The second-order valence-electron chi connectivity index (χ2n) is 8.66. The van der Waals surface area contributed by atoms with Gasteiger partial charge >= 0.3 is 0 Å². The van der Waals surface area contributed by atoms with Crippen molar-refractivity contribution in [3.63, 3.8) is 0 Å². The molecule has 7 nitrogen and oxygen atoms in total. The normalized spacial score (nSPS) is 22.0. The van der Waals surface area contributed by atoms with E-state index in [2.05, 4.69) is 26.4 Å². The number of piperazine rings is 1. The lowest BCUT2D eigenvalue weighted by atomic mass is 10.1. The second kappa shape index (κ2) is 10.5. The molecule has 2 aliphatic rings. The highest BCUT2D eigenvalue weighted by Crippen LogP contribution is 2.31.